The number of carbonyl (C=O) groups is 1. The summed E-state index contributed by atoms with van der Waals surface area (Å²) in [6, 6.07) is 0. The van der Waals surface area contributed by atoms with Crippen molar-refractivity contribution >= 4 is 6.16 Å². The van der Waals surface area contributed by atoms with E-state index >= 15 is 0 Å². The molecule has 0 unspecified atom stereocenters. The summed E-state index contributed by atoms with van der Waals surface area (Å²) in [6.45, 7) is 0. The molecule has 0 aromatic heterocycles. The monoisotopic (exact) mass is 205 g/mol. The Bertz CT molecular complexity index is 34.7. The Kier molecular flexibility index (Phi) is 52.1. The second-order valence-corrected chi connectivity index (χ2v) is 0.250. The second kappa shape index (κ2) is 15.7. The van der Waals surface area contributed by atoms with Crippen molar-refractivity contribution in [1.29, 1.82) is 0 Å². The molecule has 0 aliphatic rings. The average Bonchev–Trinajstić information content (AvgIpc) is 0.811. The summed E-state index contributed by atoms with van der Waals surface area (Å²) in [7, 11) is 0. The molecule has 0 heterocycles. The van der Waals surface area contributed by atoms with Gasteiger partial charge in [-0.05, 0) is 6.16 Å². The summed E-state index contributed by atoms with van der Waals surface area (Å²) >= 11 is 0. The topological polar surface area (TPSA) is 91.7 Å². The van der Waals surface area contributed by atoms with Crippen molar-refractivity contribution in [2.45, 2.75) is 0 Å². The quantitative estimate of drug-likeness (QED) is 0.370. The van der Waals surface area contributed by atoms with Crippen LogP contribution in [0.2, 0.25) is 0 Å². The van der Waals surface area contributed by atoms with Gasteiger partial charge in [-0.1, -0.05) is 0 Å². The zero-order valence-electron chi connectivity index (χ0n) is 3.63. The summed E-state index contributed by atoms with van der Waals surface area (Å²) in [5, 5.41) is 16.7. The minimum Gasteiger partial charge on any atom is -2.00 e. The van der Waals surface area contributed by atoms with Crippen molar-refractivity contribution in [3.05, 3.63) is 0 Å². The van der Waals surface area contributed by atoms with Crippen LogP contribution in [0.3, 0.4) is 0 Å². The van der Waals surface area contributed by atoms with Crippen LogP contribution in [0.15, 0.2) is 0 Å². The third-order valence-corrected chi connectivity index (χ3v) is 0. The fourth-order valence-corrected chi connectivity index (χ4v) is 0. The molecule has 0 aromatic rings. The Morgan fingerprint density at radius 2 is 1.29 bits per heavy atom. The van der Waals surface area contributed by atoms with E-state index in [4.69, 9.17) is 15.0 Å². The SMILES string of the molecule is O=C([O-])[O-].[K+].[O-2].[Zr+4]. The van der Waals surface area contributed by atoms with E-state index in [9.17, 15) is 0 Å². The van der Waals surface area contributed by atoms with Gasteiger partial charge in [-0.15, -0.1) is 0 Å². The molecule has 0 saturated heterocycles. The van der Waals surface area contributed by atoms with Gasteiger partial charge in [-0.3, -0.25) is 0 Å². The molecular formula is CKO4Zr+. The van der Waals surface area contributed by atoms with Crippen molar-refractivity contribution in [3.8, 4) is 0 Å². The molecule has 0 fully saturated rings. The molecule has 4 nitrogen and oxygen atoms in total. The van der Waals surface area contributed by atoms with E-state index in [0.717, 1.165) is 0 Å². The van der Waals surface area contributed by atoms with Crippen LogP contribution in [-0.4, -0.2) is 6.16 Å². The maximum absolute atomic E-state index is 8.33. The van der Waals surface area contributed by atoms with Crippen LogP contribution in [0.5, 0.6) is 0 Å². The van der Waals surface area contributed by atoms with E-state index in [1.54, 1.807) is 0 Å². The van der Waals surface area contributed by atoms with E-state index in [2.05, 4.69) is 0 Å². The van der Waals surface area contributed by atoms with E-state index in [1.807, 2.05) is 0 Å². The molecule has 0 aromatic carbocycles. The molecule has 0 rings (SSSR count). The molecule has 0 N–H and O–H groups in total. The van der Waals surface area contributed by atoms with Gasteiger partial charge >= 0.3 is 77.6 Å². The third kappa shape index (κ3) is 83.7. The molecule has 32 valence electrons. The molecule has 7 heavy (non-hydrogen) atoms. The van der Waals surface area contributed by atoms with Gasteiger partial charge in [0.2, 0.25) is 0 Å². The van der Waals surface area contributed by atoms with Crippen molar-refractivity contribution in [1.82, 2.24) is 0 Å². The predicted octanol–water partition coefficient (Wildman–Crippen LogP) is -5.56. The van der Waals surface area contributed by atoms with Crippen molar-refractivity contribution in [2.24, 2.45) is 0 Å². The van der Waals surface area contributed by atoms with E-state index in [1.165, 1.54) is 0 Å². The maximum Gasteiger partial charge on any atom is 4.00 e. The first-order valence-electron chi connectivity index (χ1n) is 0.612. The first-order chi connectivity index (χ1) is 1.73. The van der Waals surface area contributed by atoms with Crippen molar-refractivity contribution in [2.75, 3.05) is 0 Å². The number of hydrogen-bond acceptors (Lipinski definition) is 3. The van der Waals surface area contributed by atoms with Crippen molar-refractivity contribution in [3.63, 3.8) is 0 Å². The summed E-state index contributed by atoms with van der Waals surface area (Å²) in [4.78, 5) is 8.33. The molecule has 0 spiro atoms. The van der Waals surface area contributed by atoms with Gasteiger partial charge in [0.1, 0.15) is 0 Å². The fraction of sp³-hybridized carbons (Fsp3) is 0. The van der Waals surface area contributed by atoms with Gasteiger partial charge in [0.15, 0.2) is 0 Å². The van der Waals surface area contributed by atoms with E-state index in [-0.39, 0.29) is 83.1 Å². The number of rotatable bonds is 0. The zero-order valence-corrected chi connectivity index (χ0v) is 9.21. The molecule has 0 bridgehead atoms. The van der Waals surface area contributed by atoms with Crippen LogP contribution < -0.4 is 61.6 Å². The van der Waals surface area contributed by atoms with Gasteiger partial charge < -0.3 is 20.5 Å². The molecule has 0 atom stereocenters. The van der Waals surface area contributed by atoms with Crippen LogP contribution in [0.4, 0.5) is 4.79 Å². The van der Waals surface area contributed by atoms with E-state index < -0.39 is 6.16 Å². The molecule has 0 amide bonds. The maximum atomic E-state index is 8.33. The van der Waals surface area contributed by atoms with Crippen LogP contribution in [0, 0.1) is 0 Å². The Labute approximate surface area is 102 Å². The third-order valence-electron chi connectivity index (χ3n) is 0. The smallest absolute Gasteiger partial charge is 2.00 e. The summed E-state index contributed by atoms with van der Waals surface area (Å²) in [5.74, 6) is 0. The molecule has 0 radical (unpaired) electrons. The number of carboxylic acid groups (broad SMARTS) is 2. The first-order valence-corrected chi connectivity index (χ1v) is 0.612. The first kappa shape index (κ1) is 23.3. The number of hydrogen-bond donors (Lipinski definition) is 0. The summed E-state index contributed by atoms with van der Waals surface area (Å²) in [6.07, 6.45) is -2.33. The minimum absolute atomic E-state index is 0. The Morgan fingerprint density at radius 3 is 1.29 bits per heavy atom. The minimum atomic E-state index is -2.33. The zero-order chi connectivity index (χ0) is 3.58. The Balaban J connectivity index is -0.0000000150. The summed E-state index contributed by atoms with van der Waals surface area (Å²) in [5.41, 5.74) is 0. The predicted molar refractivity (Wildman–Crippen MR) is 6.08 cm³/mol. The van der Waals surface area contributed by atoms with Gasteiger partial charge in [0, 0.05) is 0 Å². The standard InChI is InChI=1S/CH2O3.K.O.Zr/c2-1(3)4;;;/h(H2,2,3,4);;;/q;+1;-2;+4/p-2. The molecule has 0 aliphatic carbocycles. The van der Waals surface area contributed by atoms with Gasteiger partial charge in [0.25, 0.3) is 0 Å². The molecule has 0 aliphatic heterocycles. The molecule has 6 heteroatoms. The van der Waals surface area contributed by atoms with Crippen molar-refractivity contribution < 1.29 is 98.1 Å². The molecule has 0 saturated carbocycles. The Hall–Kier alpha value is 1.75. The summed E-state index contributed by atoms with van der Waals surface area (Å²) < 4.78 is 0. The normalized spacial score (nSPS) is 3.43. The van der Waals surface area contributed by atoms with Crippen LogP contribution in [0.1, 0.15) is 0 Å². The number of carbonyl (C=O) groups excluding carboxylic acids is 1. The van der Waals surface area contributed by atoms with Gasteiger partial charge in [-0.25, -0.2) is 0 Å². The largest absolute Gasteiger partial charge is 4.00 e. The molecular weight excluding hydrogens is 206 g/mol. The average molecular weight is 206 g/mol. The van der Waals surface area contributed by atoms with Gasteiger partial charge in [-0.2, -0.15) is 0 Å². The Morgan fingerprint density at radius 1 is 1.29 bits per heavy atom. The van der Waals surface area contributed by atoms with Gasteiger partial charge in [0.05, 0.1) is 0 Å². The second-order valence-electron chi connectivity index (χ2n) is 0.250. The van der Waals surface area contributed by atoms with E-state index in [0.29, 0.717) is 0 Å². The van der Waals surface area contributed by atoms with Crippen LogP contribution >= 0.6 is 0 Å². The van der Waals surface area contributed by atoms with Crippen LogP contribution in [-0.2, 0) is 31.7 Å². The van der Waals surface area contributed by atoms with Crippen LogP contribution in [0.25, 0.3) is 0 Å². The fourth-order valence-electron chi connectivity index (χ4n) is 0.